The first kappa shape index (κ1) is 21.9. The smallest absolute Gasteiger partial charge is 0.184 e. The molecule has 3 fully saturated rings. The fourth-order valence-corrected chi connectivity index (χ4v) is 4.85. The van der Waals surface area contributed by atoms with E-state index in [0.717, 1.165) is 16.7 Å². The van der Waals surface area contributed by atoms with Gasteiger partial charge in [-0.1, -0.05) is 91.0 Å². The van der Waals surface area contributed by atoms with Crippen LogP contribution in [0.25, 0.3) is 0 Å². The van der Waals surface area contributed by atoms with Gasteiger partial charge in [0.2, 0.25) is 0 Å². The topological polar surface area (TPSA) is 55.4 Å². The molecule has 0 spiro atoms. The summed E-state index contributed by atoms with van der Waals surface area (Å²) in [4.78, 5) is 0. The van der Waals surface area contributed by atoms with Gasteiger partial charge in [0.15, 0.2) is 18.9 Å². The summed E-state index contributed by atoms with van der Waals surface area (Å²) >= 11 is 0. The molecule has 0 N–H and O–H groups in total. The Hall–Kier alpha value is -2.58. The predicted octanol–water partition coefficient (Wildman–Crippen LogP) is 5.09. The third kappa shape index (κ3) is 4.29. The number of hydrogen-bond donors (Lipinski definition) is 0. The van der Waals surface area contributed by atoms with Crippen molar-refractivity contribution < 1.29 is 28.4 Å². The van der Waals surface area contributed by atoms with Crippen molar-refractivity contribution in [1.82, 2.24) is 0 Å². The van der Waals surface area contributed by atoms with E-state index in [1.807, 2.05) is 97.9 Å². The van der Waals surface area contributed by atoms with E-state index in [-0.39, 0.29) is 24.4 Å². The van der Waals surface area contributed by atoms with Crippen molar-refractivity contribution in [2.45, 2.75) is 56.3 Å². The van der Waals surface area contributed by atoms with Crippen LogP contribution in [0.4, 0.5) is 0 Å². The molecular weight excluding hydrogens is 432 g/mol. The highest BCUT2D eigenvalue weighted by atomic mass is 16.8. The molecule has 3 aliphatic rings. The summed E-state index contributed by atoms with van der Waals surface area (Å²) in [5.74, 6) is 0. The Morgan fingerprint density at radius 1 is 0.500 bits per heavy atom. The van der Waals surface area contributed by atoms with Crippen LogP contribution in [0, 0.1) is 0 Å². The molecule has 34 heavy (non-hydrogen) atoms. The molecule has 8 unspecified atom stereocenters. The zero-order valence-corrected chi connectivity index (χ0v) is 18.9. The van der Waals surface area contributed by atoms with Gasteiger partial charge < -0.3 is 28.4 Å². The van der Waals surface area contributed by atoms with Gasteiger partial charge >= 0.3 is 0 Å². The summed E-state index contributed by atoms with van der Waals surface area (Å²) in [6, 6.07) is 29.8. The van der Waals surface area contributed by atoms with Gasteiger partial charge in [0.05, 0.1) is 12.7 Å². The predicted molar refractivity (Wildman–Crippen MR) is 124 cm³/mol. The second-order valence-corrected chi connectivity index (χ2v) is 8.88. The molecule has 0 aromatic heterocycles. The second-order valence-electron chi connectivity index (χ2n) is 8.88. The fourth-order valence-electron chi connectivity index (χ4n) is 4.85. The Labute approximate surface area is 199 Å². The van der Waals surface area contributed by atoms with Crippen molar-refractivity contribution >= 4 is 0 Å². The van der Waals surface area contributed by atoms with Crippen molar-refractivity contribution in [1.29, 1.82) is 0 Å². The Balaban J connectivity index is 1.29. The Bertz CT molecular complexity index is 1060. The van der Waals surface area contributed by atoms with E-state index in [0.29, 0.717) is 6.61 Å². The third-order valence-electron chi connectivity index (χ3n) is 6.58. The molecule has 0 amide bonds. The SMILES string of the molecule is CC1OC(c2ccccc2)OC2C1OC(c1ccccc1)OC2C1COC(c2ccccc2)O1. The van der Waals surface area contributed by atoms with Gasteiger partial charge in [0.25, 0.3) is 0 Å². The molecule has 3 heterocycles. The van der Waals surface area contributed by atoms with Gasteiger partial charge in [-0.2, -0.15) is 0 Å². The van der Waals surface area contributed by atoms with E-state index in [9.17, 15) is 0 Å². The zero-order chi connectivity index (χ0) is 22.9. The van der Waals surface area contributed by atoms with E-state index in [1.165, 1.54) is 0 Å². The maximum atomic E-state index is 6.53. The molecule has 6 rings (SSSR count). The molecule has 0 radical (unpaired) electrons. The quantitative estimate of drug-likeness (QED) is 0.541. The molecule has 0 aliphatic carbocycles. The van der Waals surface area contributed by atoms with Crippen molar-refractivity contribution in [2.75, 3.05) is 6.61 Å². The monoisotopic (exact) mass is 460 g/mol. The molecule has 3 saturated heterocycles. The molecule has 6 heteroatoms. The largest absolute Gasteiger partial charge is 0.346 e. The lowest BCUT2D eigenvalue weighted by atomic mass is 9.96. The highest BCUT2D eigenvalue weighted by Gasteiger charge is 2.53. The Morgan fingerprint density at radius 3 is 1.56 bits per heavy atom. The minimum atomic E-state index is -0.547. The van der Waals surface area contributed by atoms with Gasteiger partial charge in [-0.3, -0.25) is 0 Å². The number of benzene rings is 3. The van der Waals surface area contributed by atoms with Crippen LogP contribution in [-0.4, -0.2) is 37.1 Å². The molecule has 0 saturated carbocycles. The normalized spacial score (nSPS) is 35.6. The molecule has 8 atom stereocenters. The van der Waals surface area contributed by atoms with Crippen LogP contribution in [0.5, 0.6) is 0 Å². The third-order valence-corrected chi connectivity index (χ3v) is 6.58. The fraction of sp³-hybridized carbons (Fsp3) is 0.357. The maximum absolute atomic E-state index is 6.53. The van der Waals surface area contributed by atoms with Crippen LogP contribution < -0.4 is 0 Å². The van der Waals surface area contributed by atoms with Crippen molar-refractivity contribution in [3.63, 3.8) is 0 Å². The molecular formula is C28H28O6. The molecule has 3 aromatic carbocycles. The summed E-state index contributed by atoms with van der Waals surface area (Å²) < 4.78 is 38.1. The average Bonchev–Trinajstić information content (AvgIpc) is 3.40. The van der Waals surface area contributed by atoms with E-state index >= 15 is 0 Å². The first-order chi connectivity index (χ1) is 16.8. The van der Waals surface area contributed by atoms with Crippen LogP contribution in [0.1, 0.15) is 42.5 Å². The maximum Gasteiger partial charge on any atom is 0.184 e. The summed E-state index contributed by atoms with van der Waals surface area (Å²) in [5, 5.41) is 0. The van der Waals surface area contributed by atoms with Gasteiger partial charge in [-0.05, 0) is 6.92 Å². The molecule has 0 bridgehead atoms. The van der Waals surface area contributed by atoms with Crippen LogP contribution in [0.15, 0.2) is 91.0 Å². The number of ether oxygens (including phenoxy) is 6. The van der Waals surface area contributed by atoms with Crippen molar-refractivity contribution in [3.05, 3.63) is 108 Å². The highest BCUT2D eigenvalue weighted by molar-refractivity contribution is 5.20. The van der Waals surface area contributed by atoms with E-state index in [4.69, 9.17) is 28.4 Å². The first-order valence-electron chi connectivity index (χ1n) is 11.8. The van der Waals surface area contributed by atoms with Gasteiger partial charge in [0, 0.05) is 16.7 Å². The molecule has 176 valence electrons. The van der Waals surface area contributed by atoms with Crippen LogP contribution in [0.3, 0.4) is 0 Å². The highest BCUT2D eigenvalue weighted by Crippen LogP contribution is 2.43. The van der Waals surface area contributed by atoms with Crippen molar-refractivity contribution in [2.24, 2.45) is 0 Å². The summed E-state index contributed by atoms with van der Waals surface area (Å²) in [7, 11) is 0. The lowest BCUT2D eigenvalue weighted by Gasteiger charge is -2.49. The standard InChI is InChI=1S/C28H28O6/c1-18-23-25(34-27(30-18)20-13-7-3-8-14-20)24(33-28(32-23)21-15-9-4-10-16-21)22-17-29-26(31-22)19-11-5-2-6-12-19/h2-16,18,22-28H,17H2,1H3. The van der Waals surface area contributed by atoms with Gasteiger partial charge in [-0.15, -0.1) is 0 Å². The van der Waals surface area contributed by atoms with Gasteiger partial charge in [-0.25, -0.2) is 0 Å². The minimum Gasteiger partial charge on any atom is -0.346 e. The number of rotatable bonds is 4. The lowest BCUT2D eigenvalue weighted by molar-refractivity contribution is -0.388. The lowest BCUT2D eigenvalue weighted by Crippen LogP contribution is -2.60. The summed E-state index contributed by atoms with van der Waals surface area (Å²) in [6.07, 6.45) is -3.09. The minimum absolute atomic E-state index is 0.200. The second kappa shape index (κ2) is 9.58. The average molecular weight is 461 g/mol. The summed E-state index contributed by atoms with van der Waals surface area (Å²) in [6.45, 7) is 2.43. The number of fused-ring (bicyclic) bond motifs is 1. The van der Waals surface area contributed by atoms with Crippen molar-refractivity contribution in [3.8, 4) is 0 Å². The van der Waals surface area contributed by atoms with Crippen LogP contribution in [-0.2, 0) is 28.4 Å². The summed E-state index contributed by atoms with van der Waals surface area (Å²) in [5.41, 5.74) is 2.89. The van der Waals surface area contributed by atoms with Crippen LogP contribution in [0.2, 0.25) is 0 Å². The number of hydrogen-bond acceptors (Lipinski definition) is 6. The Kier molecular flexibility index (Phi) is 6.18. The Morgan fingerprint density at radius 2 is 0.971 bits per heavy atom. The molecule has 3 aromatic rings. The van der Waals surface area contributed by atoms with Gasteiger partial charge in [0.1, 0.15) is 24.4 Å². The molecule has 3 aliphatic heterocycles. The first-order valence-corrected chi connectivity index (χ1v) is 11.8. The molecule has 6 nitrogen and oxygen atoms in total. The van der Waals surface area contributed by atoms with E-state index in [1.54, 1.807) is 0 Å². The zero-order valence-electron chi connectivity index (χ0n) is 18.9. The van der Waals surface area contributed by atoms with Crippen LogP contribution >= 0.6 is 0 Å². The van der Waals surface area contributed by atoms with E-state index < -0.39 is 25.0 Å². The van der Waals surface area contributed by atoms with E-state index in [2.05, 4.69) is 0 Å².